The smallest absolute Gasteiger partial charge is 0.244 e. The Kier molecular flexibility index (Phi) is 4.18. The average molecular weight is 247 g/mol. The van der Waals surface area contributed by atoms with Crippen LogP contribution in [0.5, 0.6) is 0 Å². The molecule has 2 atom stereocenters. The van der Waals surface area contributed by atoms with E-state index in [-0.39, 0.29) is 5.91 Å². The summed E-state index contributed by atoms with van der Waals surface area (Å²) in [5, 5.41) is 7.15. The van der Waals surface area contributed by atoms with E-state index in [9.17, 15) is 4.79 Å². The van der Waals surface area contributed by atoms with Gasteiger partial charge in [-0.05, 0) is 24.8 Å². The minimum absolute atomic E-state index is 0.00222. The van der Waals surface area contributed by atoms with E-state index in [2.05, 4.69) is 17.3 Å². The van der Waals surface area contributed by atoms with E-state index in [1.165, 1.54) is 19.3 Å². The normalized spacial score (nSPS) is 24.3. The van der Waals surface area contributed by atoms with Crippen molar-refractivity contribution >= 4 is 12.0 Å². The molecule has 1 aromatic rings. The summed E-state index contributed by atoms with van der Waals surface area (Å²) in [5.41, 5.74) is 0.948. The summed E-state index contributed by atoms with van der Waals surface area (Å²) in [6.07, 6.45) is 11.9. The third-order valence-electron chi connectivity index (χ3n) is 3.59. The number of amides is 1. The van der Waals surface area contributed by atoms with Crippen molar-refractivity contribution in [2.45, 2.75) is 38.6 Å². The molecule has 2 rings (SSSR count). The second-order valence-electron chi connectivity index (χ2n) is 5.16. The van der Waals surface area contributed by atoms with Gasteiger partial charge in [0.15, 0.2) is 0 Å². The fourth-order valence-electron chi connectivity index (χ4n) is 2.46. The van der Waals surface area contributed by atoms with E-state index in [1.54, 1.807) is 23.0 Å². The van der Waals surface area contributed by atoms with E-state index in [0.29, 0.717) is 12.0 Å². The zero-order valence-corrected chi connectivity index (χ0v) is 11.1. The van der Waals surface area contributed by atoms with Gasteiger partial charge in [0.25, 0.3) is 0 Å². The number of hydrogen-bond donors (Lipinski definition) is 1. The number of aromatic nitrogens is 2. The molecule has 1 N–H and O–H groups in total. The van der Waals surface area contributed by atoms with E-state index in [1.807, 2.05) is 13.2 Å². The van der Waals surface area contributed by atoms with Gasteiger partial charge in [0.05, 0.1) is 6.20 Å². The van der Waals surface area contributed by atoms with Crippen molar-refractivity contribution in [1.29, 1.82) is 0 Å². The number of carbonyl (C=O) groups excluding carboxylic acids is 1. The topological polar surface area (TPSA) is 46.9 Å². The van der Waals surface area contributed by atoms with Crippen molar-refractivity contribution in [3.05, 3.63) is 24.0 Å². The lowest BCUT2D eigenvalue weighted by Gasteiger charge is -2.29. The maximum Gasteiger partial charge on any atom is 0.244 e. The maximum atomic E-state index is 11.8. The first-order valence-corrected chi connectivity index (χ1v) is 6.62. The molecule has 1 heterocycles. The lowest BCUT2D eigenvalue weighted by atomic mass is 9.86. The summed E-state index contributed by atoms with van der Waals surface area (Å²) in [5.74, 6) is 0.590. The number of rotatable bonds is 3. The Hall–Kier alpha value is -1.58. The van der Waals surface area contributed by atoms with Crippen LogP contribution in [0.15, 0.2) is 18.5 Å². The Balaban J connectivity index is 1.86. The Morgan fingerprint density at radius 1 is 1.50 bits per heavy atom. The molecule has 1 aromatic heterocycles. The Morgan fingerprint density at radius 3 is 2.94 bits per heavy atom. The second kappa shape index (κ2) is 5.85. The minimum Gasteiger partial charge on any atom is -0.350 e. The van der Waals surface area contributed by atoms with Gasteiger partial charge in [0.1, 0.15) is 0 Å². The van der Waals surface area contributed by atoms with Crippen LogP contribution < -0.4 is 5.32 Å². The van der Waals surface area contributed by atoms with Gasteiger partial charge in [0.2, 0.25) is 5.91 Å². The Bertz CT molecular complexity index is 436. The third kappa shape index (κ3) is 3.45. The predicted octanol–water partition coefficient (Wildman–Crippen LogP) is 2.13. The molecule has 1 aliphatic rings. The highest BCUT2D eigenvalue weighted by molar-refractivity contribution is 5.91. The highest BCUT2D eigenvalue weighted by atomic mass is 16.1. The molecule has 0 unspecified atom stereocenters. The summed E-state index contributed by atoms with van der Waals surface area (Å²) >= 11 is 0. The summed E-state index contributed by atoms with van der Waals surface area (Å²) in [7, 11) is 1.86. The van der Waals surface area contributed by atoms with Gasteiger partial charge >= 0.3 is 0 Å². The molecule has 0 spiro atoms. The first kappa shape index (κ1) is 12.9. The molecule has 4 heteroatoms. The molecule has 98 valence electrons. The standard InChI is InChI=1S/C14H21N3O/c1-11-5-3-4-6-13(11)16-14(18)8-7-12-9-15-17(2)10-12/h7-11,13H,3-6H2,1-2H3,(H,16,18)/b8-7+/t11-,13-/m1/s1. The fraction of sp³-hybridized carbons (Fsp3) is 0.571. The maximum absolute atomic E-state index is 11.8. The zero-order chi connectivity index (χ0) is 13.0. The summed E-state index contributed by atoms with van der Waals surface area (Å²) < 4.78 is 1.72. The van der Waals surface area contributed by atoms with Crippen LogP contribution in [0.25, 0.3) is 6.08 Å². The lowest BCUT2D eigenvalue weighted by molar-refractivity contribution is -0.117. The van der Waals surface area contributed by atoms with Crippen LogP contribution >= 0.6 is 0 Å². The van der Waals surface area contributed by atoms with E-state index in [0.717, 1.165) is 12.0 Å². The van der Waals surface area contributed by atoms with Gasteiger partial charge in [-0.15, -0.1) is 0 Å². The lowest BCUT2D eigenvalue weighted by Crippen LogP contribution is -2.40. The van der Waals surface area contributed by atoms with Crippen LogP contribution in [-0.2, 0) is 11.8 Å². The van der Waals surface area contributed by atoms with Crippen LogP contribution in [0.1, 0.15) is 38.2 Å². The largest absolute Gasteiger partial charge is 0.350 e. The van der Waals surface area contributed by atoms with Gasteiger partial charge in [-0.1, -0.05) is 19.8 Å². The quantitative estimate of drug-likeness (QED) is 0.832. The van der Waals surface area contributed by atoms with E-state index >= 15 is 0 Å². The number of nitrogens with one attached hydrogen (secondary N) is 1. The van der Waals surface area contributed by atoms with Crippen LogP contribution in [0, 0.1) is 5.92 Å². The first-order chi connectivity index (χ1) is 8.65. The molecular weight excluding hydrogens is 226 g/mol. The summed E-state index contributed by atoms with van der Waals surface area (Å²) in [6, 6.07) is 0.338. The van der Waals surface area contributed by atoms with E-state index < -0.39 is 0 Å². The SMILES string of the molecule is C[C@@H]1CCCC[C@H]1NC(=O)/C=C/c1cnn(C)c1. The third-order valence-corrected chi connectivity index (χ3v) is 3.59. The predicted molar refractivity (Wildman–Crippen MR) is 71.8 cm³/mol. The van der Waals surface area contributed by atoms with Crippen LogP contribution in [-0.4, -0.2) is 21.7 Å². The highest BCUT2D eigenvalue weighted by Crippen LogP contribution is 2.23. The fourth-order valence-corrected chi connectivity index (χ4v) is 2.46. The van der Waals surface area contributed by atoms with Gasteiger partial charge in [-0.2, -0.15) is 5.10 Å². The molecule has 18 heavy (non-hydrogen) atoms. The molecule has 1 saturated carbocycles. The summed E-state index contributed by atoms with van der Waals surface area (Å²) in [6.45, 7) is 2.22. The molecule has 0 radical (unpaired) electrons. The Morgan fingerprint density at radius 2 is 2.28 bits per heavy atom. The number of hydrogen-bond acceptors (Lipinski definition) is 2. The molecule has 4 nitrogen and oxygen atoms in total. The molecule has 0 aromatic carbocycles. The Labute approximate surface area is 108 Å². The monoisotopic (exact) mass is 247 g/mol. The summed E-state index contributed by atoms with van der Waals surface area (Å²) in [4.78, 5) is 11.8. The van der Waals surface area contributed by atoms with Gasteiger partial charge in [-0.25, -0.2) is 0 Å². The minimum atomic E-state index is -0.00222. The van der Waals surface area contributed by atoms with E-state index in [4.69, 9.17) is 0 Å². The van der Waals surface area contributed by atoms with Gasteiger partial charge in [-0.3, -0.25) is 9.48 Å². The highest BCUT2D eigenvalue weighted by Gasteiger charge is 2.21. The van der Waals surface area contributed by atoms with Crippen molar-refractivity contribution in [2.75, 3.05) is 0 Å². The van der Waals surface area contributed by atoms with Crippen LogP contribution in [0.4, 0.5) is 0 Å². The van der Waals surface area contributed by atoms with Crippen LogP contribution in [0.2, 0.25) is 0 Å². The van der Waals surface area contributed by atoms with Gasteiger partial charge < -0.3 is 5.32 Å². The zero-order valence-electron chi connectivity index (χ0n) is 11.1. The van der Waals surface area contributed by atoms with Crippen molar-refractivity contribution in [2.24, 2.45) is 13.0 Å². The molecule has 1 aliphatic carbocycles. The number of nitrogens with zero attached hydrogens (tertiary/aromatic N) is 2. The molecule has 0 bridgehead atoms. The molecule has 1 fully saturated rings. The van der Waals surface area contributed by atoms with Crippen molar-refractivity contribution in [3.8, 4) is 0 Å². The molecule has 1 amide bonds. The van der Waals surface area contributed by atoms with Crippen molar-refractivity contribution in [3.63, 3.8) is 0 Å². The molecule has 0 aliphatic heterocycles. The van der Waals surface area contributed by atoms with Crippen molar-refractivity contribution in [1.82, 2.24) is 15.1 Å². The average Bonchev–Trinajstić information content (AvgIpc) is 2.76. The van der Waals surface area contributed by atoms with Crippen LogP contribution in [0.3, 0.4) is 0 Å². The number of aryl methyl sites for hydroxylation is 1. The second-order valence-corrected chi connectivity index (χ2v) is 5.16. The van der Waals surface area contributed by atoms with Crippen molar-refractivity contribution < 1.29 is 4.79 Å². The molecular formula is C14H21N3O. The first-order valence-electron chi connectivity index (χ1n) is 6.62. The van der Waals surface area contributed by atoms with Gasteiger partial charge in [0, 0.05) is 30.9 Å². The number of carbonyl (C=O) groups is 1. The molecule has 0 saturated heterocycles.